The van der Waals surface area contributed by atoms with Crippen LogP contribution in [0, 0.1) is 0 Å². The van der Waals surface area contributed by atoms with E-state index in [1.807, 2.05) is 43.3 Å². The molecule has 0 aliphatic rings. The molecule has 0 aliphatic carbocycles. The highest BCUT2D eigenvalue weighted by atomic mass is 35.5. The first kappa shape index (κ1) is 16.3. The molecular formula is C17H20Cl2N2. The van der Waals surface area contributed by atoms with Gasteiger partial charge in [0.1, 0.15) is 0 Å². The van der Waals surface area contributed by atoms with Gasteiger partial charge in [-0.3, -0.25) is 4.90 Å². The van der Waals surface area contributed by atoms with E-state index in [4.69, 9.17) is 28.9 Å². The van der Waals surface area contributed by atoms with Crippen molar-refractivity contribution in [2.45, 2.75) is 25.6 Å². The van der Waals surface area contributed by atoms with Gasteiger partial charge in [-0.25, -0.2) is 0 Å². The quantitative estimate of drug-likeness (QED) is 0.877. The van der Waals surface area contributed by atoms with Crippen LogP contribution in [-0.4, -0.2) is 18.0 Å². The number of likely N-dealkylation sites (N-methyl/N-ethyl adjacent to an activating group) is 1. The van der Waals surface area contributed by atoms with Gasteiger partial charge in [-0.15, -0.1) is 0 Å². The number of nitrogens with zero attached hydrogens (tertiary/aromatic N) is 1. The summed E-state index contributed by atoms with van der Waals surface area (Å²) in [5.74, 6) is 0. The third-order valence-corrected chi connectivity index (χ3v) is 3.95. The highest BCUT2D eigenvalue weighted by molar-refractivity contribution is 6.30. The smallest absolute Gasteiger partial charge is 0.0497 e. The molecule has 0 bridgehead atoms. The minimum atomic E-state index is -0.00680. The third kappa shape index (κ3) is 4.45. The lowest BCUT2D eigenvalue weighted by atomic mass is 9.99. The Balaban J connectivity index is 2.22. The van der Waals surface area contributed by atoms with E-state index in [9.17, 15) is 0 Å². The summed E-state index contributed by atoms with van der Waals surface area (Å²) in [6, 6.07) is 15.9. The zero-order valence-electron chi connectivity index (χ0n) is 12.3. The molecule has 2 aromatic carbocycles. The summed E-state index contributed by atoms with van der Waals surface area (Å²) in [7, 11) is 2.07. The molecule has 0 amide bonds. The molecule has 2 N–H and O–H groups in total. The Kier molecular flexibility index (Phi) is 5.65. The van der Waals surface area contributed by atoms with Crippen LogP contribution in [0.3, 0.4) is 0 Å². The molecule has 0 radical (unpaired) electrons. The van der Waals surface area contributed by atoms with Crippen molar-refractivity contribution in [2.24, 2.45) is 5.73 Å². The summed E-state index contributed by atoms with van der Waals surface area (Å²) in [5.41, 5.74) is 8.48. The van der Waals surface area contributed by atoms with Crippen molar-refractivity contribution in [3.8, 4) is 0 Å². The Morgan fingerprint density at radius 2 is 1.67 bits per heavy atom. The van der Waals surface area contributed by atoms with Gasteiger partial charge < -0.3 is 5.73 Å². The first-order valence-corrected chi connectivity index (χ1v) is 7.68. The van der Waals surface area contributed by atoms with Crippen LogP contribution in [0.15, 0.2) is 48.5 Å². The second kappa shape index (κ2) is 7.28. The van der Waals surface area contributed by atoms with E-state index < -0.39 is 0 Å². The molecule has 0 aromatic heterocycles. The van der Waals surface area contributed by atoms with Gasteiger partial charge >= 0.3 is 0 Å². The first-order chi connectivity index (χ1) is 9.97. The van der Waals surface area contributed by atoms with Gasteiger partial charge in [-0.2, -0.15) is 0 Å². The van der Waals surface area contributed by atoms with Crippen molar-refractivity contribution in [3.63, 3.8) is 0 Å². The molecule has 0 heterocycles. The molecule has 112 valence electrons. The van der Waals surface area contributed by atoms with Crippen molar-refractivity contribution < 1.29 is 0 Å². The summed E-state index contributed by atoms with van der Waals surface area (Å²) in [6.07, 6.45) is 0. The van der Waals surface area contributed by atoms with E-state index >= 15 is 0 Å². The number of benzene rings is 2. The monoisotopic (exact) mass is 322 g/mol. The maximum Gasteiger partial charge on any atom is 0.0497 e. The molecule has 0 saturated heterocycles. The number of rotatable bonds is 5. The molecule has 21 heavy (non-hydrogen) atoms. The Bertz CT molecular complexity index is 599. The predicted molar refractivity (Wildman–Crippen MR) is 90.8 cm³/mol. The van der Waals surface area contributed by atoms with Gasteiger partial charge in [-0.05, 0) is 49.4 Å². The van der Waals surface area contributed by atoms with Crippen LogP contribution in [0.5, 0.6) is 0 Å². The van der Waals surface area contributed by atoms with E-state index in [-0.39, 0.29) is 12.1 Å². The van der Waals surface area contributed by atoms with Crippen molar-refractivity contribution in [3.05, 3.63) is 69.7 Å². The van der Waals surface area contributed by atoms with E-state index in [1.54, 1.807) is 0 Å². The molecule has 2 aromatic rings. The molecule has 2 rings (SSSR count). The maximum absolute atomic E-state index is 6.19. The molecule has 2 nitrogen and oxygen atoms in total. The van der Waals surface area contributed by atoms with Crippen molar-refractivity contribution in [2.75, 3.05) is 7.05 Å². The van der Waals surface area contributed by atoms with Crippen LogP contribution in [0.25, 0.3) is 0 Å². The summed E-state index contributed by atoms with van der Waals surface area (Å²) < 4.78 is 0. The van der Waals surface area contributed by atoms with Gasteiger partial charge in [0.15, 0.2) is 0 Å². The Morgan fingerprint density at radius 1 is 1.05 bits per heavy atom. The average Bonchev–Trinajstić information content (AvgIpc) is 2.38. The Morgan fingerprint density at radius 3 is 2.24 bits per heavy atom. The molecule has 4 heteroatoms. The number of hydrogen-bond acceptors (Lipinski definition) is 2. The number of hydrogen-bond donors (Lipinski definition) is 1. The van der Waals surface area contributed by atoms with Gasteiger partial charge in [0.2, 0.25) is 0 Å². The summed E-state index contributed by atoms with van der Waals surface area (Å²) in [5, 5.41) is 1.48. The van der Waals surface area contributed by atoms with Gasteiger partial charge in [0.25, 0.3) is 0 Å². The maximum atomic E-state index is 6.19. The predicted octanol–water partition coefficient (Wildman–Crippen LogP) is 4.51. The Labute approximate surface area is 136 Å². The van der Waals surface area contributed by atoms with Crippen molar-refractivity contribution in [1.29, 1.82) is 0 Å². The minimum absolute atomic E-state index is 0.00680. The first-order valence-electron chi connectivity index (χ1n) is 6.93. The van der Waals surface area contributed by atoms with Crippen LogP contribution >= 0.6 is 23.2 Å². The molecule has 0 saturated carbocycles. The zero-order valence-corrected chi connectivity index (χ0v) is 13.8. The summed E-state index contributed by atoms with van der Waals surface area (Å²) >= 11 is 12.2. The molecule has 0 fully saturated rings. The fourth-order valence-corrected chi connectivity index (χ4v) is 3.08. The standard InChI is InChI=1S/C17H20Cl2N2/c1-12(20)17(14-6-4-8-16(19)10-14)21(2)11-13-5-3-7-15(18)9-13/h3-10,12,17H,11,20H2,1-2H3. The lowest BCUT2D eigenvalue weighted by Gasteiger charge is -2.31. The topological polar surface area (TPSA) is 29.3 Å². The molecule has 0 aliphatic heterocycles. The Hall–Kier alpha value is -1.06. The third-order valence-electron chi connectivity index (χ3n) is 3.48. The molecular weight excluding hydrogens is 303 g/mol. The average molecular weight is 323 g/mol. The highest BCUT2D eigenvalue weighted by Crippen LogP contribution is 2.26. The van der Waals surface area contributed by atoms with E-state index in [0.717, 1.165) is 27.7 Å². The van der Waals surface area contributed by atoms with Gasteiger partial charge in [0, 0.05) is 28.7 Å². The SMILES string of the molecule is CC(N)C(c1cccc(Cl)c1)N(C)Cc1cccc(Cl)c1. The van der Waals surface area contributed by atoms with Crippen molar-refractivity contribution in [1.82, 2.24) is 4.90 Å². The van der Waals surface area contributed by atoms with E-state index in [1.165, 1.54) is 0 Å². The van der Waals surface area contributed by atoms with Crippen LogP contribution in [0.2, 0.25) is 10.0 Å². The minimum Gasteiger partial charge on any atom is -0.326 e. The second-order valence-electron chi connectivity index (χ2n) is 5.40. The van der Waals surface area contributed by atoms with Crippen LogP contribution in [0.1, 0.15) is 24.1 Å². The van der Waals surface area contributed by atoms with Crippen LogP contribution < -0.4 is 5.73 Å². The fourth-order valence-electron chi connectivity index (χ4n) is 2.67. The van der Waals surface area contributed by atoms with Crippen LogP contribution in [0.4, 0.5) is 0 Å². The fraction of sp³-hybridized carbons (Fsp3) is 0.294. The second-order valence-corrected chi connectivity index (χ2v) is 6.28. The number of halogens is 2. The molecule has 2 unspecified atom stereocenters. The normalized spacial score (nSPS) is 14.2. The van der Waals surface area contributed by atoms with Crippen molar-refractivity contribution >= 4 is 23.2 Å². The van der Waals surface area contributed by atoms with Gasteiger partial charge in [0.05, 0.1) is 0 Å². The zero-order chi connectivity index (χ0) is 15.4. The number of nitrogens with two attached hydrogens (primary N) is 1. The summed E-state index contributed by atoms with van der Waals surface area (Å²) in [6.45, 7) is 2.79. The largest absolute Gasteiger partial charge is 0.326 e. The molecule has 2 atom stereocenters. The summed E-state index contributed by atoms with van der Waals surface area (Å²) in [4.78, 5) is 2.22. The highest BCUT2D eigenvalue weighted by Gasteiger charge is 2.21. The van der Waals surface area contributed by atoms with E-state index in [0.29, 0.717) is 0 Å². The van der Waals surface area contributed by atoms with Crippen LogP contribution in [-0.2, 0) is 6.54 Å². The van der Waals surface area contributed by atoms with E-state index in [2.05, 4.69) is 24.1 Å². The van der Waals surface area contributed by atoms with Gasteiger partial charge in [-0.1, -0.05) is 47.5 Å². The lowest BCUT2D eigenvalue weighted by molar-refractivity contribution is 0.211. The molecule has 0 spiro atoms. The lowest BCUT2D eigenvalue weighted by Crippen LogP contribution is -2.36.